The lowest BCUT2D eigenvalue weighted by Crippen LogP contribution is -2.36. The molecule has 1 N–H and O–H groups in total. The molecule has 3 rings (SSSR count). The van der Waals surface area contributed by atoms with Crippen LogP contribution in [0.2, 0.25) is 0 Å². The molecule has 3 heteroatoms. The third-order valence-electron chi connectivity index (χ3n) is 5.36. The lowest BCUT2D eigenvalue weighted by Gasteiger charge is -2.22. The Morgan fingerprint density at radius 3 is 2.70 bits per heavy atom. The summed E-state index contributed by atoms with van der Waals surface area (Å²) >= 11 is 0. The minimum Gasteiger partial charge on any atom is -0.313 e. The molecule has 0 unspecified atom stereocenters. The zero-order valence-corrected chi connectivity index (χ0v) is 14.7. The van der Waals surface area contributed by atoms with Gasteiger partial charge in [0.15, 0.2) is 0 Å². The van der Waals surface area contributed by atoms with Gasteiger partial charge >= 0.3 is 0 Å². The first kappa shape index (κ1) is 16.9. The number of nitrogens with zero attached hydrogens (tertiary/aromatic N) is 2. The van der Waals surface area contributed by atoms with Gasteiger partial charge in [0.2, 0.25) is 0 Å². The van der Waals surface area contributed by atoms with Gasteiger partial charge in [-0.05, 0) is 76.8 Å². The summed E-state index contributed by atoms with van der Waals surface area (Å²) < 4.78 is 0. The number of hydrogen-bond donors (Lipinski definition) is 1. The standard InChI is InChI=1S/C20H33N3/c1-22-12-6-14-23(16-15-22)13-5-11-21-20(19-9-10-19)17-18-7-3-2-4-8-18/h2-4,7-8,19-21H,5-6,9-17H2,1H3/t20-/m1/s1. The van der Waals surface area contributed by atoms with Crippen LogP contribution in [0.15, 0.2) is 30.3 Å². The molecule has 1 saturated carbocycles. The first-order chi connectivity index (χ1) is 11.3. The van der Waals surface area contributed by atoms with Crippen LogP contribution in [0, 0.1) is 5.92 Å². The van der Waals surface area contributed by atoms with Gasteiger partial charge in [0, 0.05) is 19.1 Å². The fraction of sp³-hybridized carbons (Fsp3) is 0.700. The molecule has 0 bridgehead atoms. The summed E-state index contributed by atoms with van der Waals surface area (Å²) in [7, 11) is 2.24. The third-order valence-corrected chi connectivity index (χ3v) is 5.36. The summed E-state index contributed by atoms with van der Waals surface area (Å²) in [6.45, 7) is 7.43. The molecule has 0 amide bonds. The van der Waals surface area contributed by atoms with E-state index in [9.17, 15) is 0 Å². The van der Waals surface area contributed by atoms with Gasteiger partial charge in [0.25, 0.3) is 0 Å². The van der Waals surface area contributed by atoms with Crippen LogP contribution in [0.3, 0.4) is 0 Å². The van der Waals surface area contributed by atoms with Crippen molar-refractivity contribution in [1.82, 2.24) is 15.1 Å². The van der Waals surface area contributed by atoms with Gasteiger partial charge in [0.05, 0.1) is 0 Å². The molecular formula is C20H33N3. The van der Waals surface area contributed by atoms with Crippen molar-refractivity contribution in [1.29, 1.82) is 0 Å². The van der Waals surface area contributed by atoms with E-state index in [-0.39, 0.29) is 0 Å². The molecule has 0 spiro atoms. The van der Waals surface area contributed by atoms with Crippen molar-refractivity contribution in [3.8, 4) is 0 Å². The third kappa shape index (κ3) is 5.91. The Morgan fingerprint density at radius 2 is 1.91 bits per heavy atom. The highest BCUT2D eigenvalue weighted by Crippen LogP contribution is 2.34. The van der Waals surface area contributed by atoms with Gasteiger partial charge in [-0.3, -0.25) is 0 Å². The minimum atomic E-state index is 0.688. The van der Waals surface area contributed by atoms with E-state index in [2.05, 4.69) is 52.5 Å². The van der Waals surface area contributed by atoms with E-state index in [0.29, 0.717) is 6.04 Å². The van der Waals surface area contributed by atoms with Crippen LogP contribution >= 0.6 is 0 Å². The van der Waals surface area contributed by atoms with E-state index in [1.165, 1.54) is 76.9 Å². The maximum absolute atomic E-state index is 3.86. The molecule has 1 aromatic carbocycles. The van der Waals surface area contributed by atoms with Crippen molar-refractivity contribution in [3.63, 3.8) is 0 Å². The van der Waals surface area contributed by atoms with E-state index in [4.69, 9.17) is 0 Å². The van der Waals surface area contributed by atoms with Gasteiger partial charge in [-0.25, -0.2) is 0 Å². The molecule has 1 aliphatic carbocycles. The van der Waals surface area contributed by atoms with Gasteiger partial charge < -0.3 is 15.1 Å². The topological polar surface area (TPSA) is 18.5 Å². The van der Waals surface area contributed by atoms with E-state index >= 15 is 0 Å². The van der Waals surface area contributed by atoms with Crippen molar-refractivity contribution in [2.24, 2.45) is 5.92 Å². The second-order valence-corrected chi connectivity index (χ2v) is 7.44. The van der Waals surface area contributed by atoms with Crippen molar-refractivity contribution >= 4 is 0 Å². The fourth-order valence-electron chi connectivity index (χ4n) is 3.69. The van der Waals surface area contributed by atoms with Crippen molar-refractivity contribution < 1.29 is 0 Å². The summed E-state index contributed by atoms with van der Waals surface area (Å²) in [5, 5.41) is 3.86. The second-order valence-electron chi connectivity index (χ2n) is 7.44. The maximum atomic E-state index is 3.86. The Morgan fingerprint density at radius 1 is 1.09 bits per heavy atom. The zero-order valence-electron chi connectivity index (χ0n) is 14.7. The summed E-state index contributed by atoms with van der Waals surface area (Å²) in [4.78, 5) is 5.11. The molecule has 0 aromatic heterocycles. The summed E-state index contributed by atoms with van der Waals surface area (Å²) in [5.41, 5.74) is 1.48. The zero-order chi connectivity index (χ0) is 15.9. The Bertz CT molecular complexity index is 443. The number of nitrogens with one attached hydrogen (secondary N) is 1. The van der Waals surface area contributed by atoms with E-state index < -0.39 is 0 Å². The van der Waals surface area contributed by atoms with E-state index in [1.807, 2.05) is 0 Å². The van der Waals surface area contributed by atoms with Crippen LogP contribution in [0.25, 0.3) is 0 Å². The van der Waals surface area contributed by atoms with Crippen molar-refractivity contribution in [3.05, 3.63) is 35.9 Å². The highest BCUT2D eigenvalue weighted by atomic mass is 15.2. The largest absolute Gasteiger partial charge is 0.313 e. The first-order valence-corrected chi connectivity index (χ1v) is 9.49. The fourth-order valence-corrected chi connectivity index (χ4v) is 3.69. The van der Waals surface area contributed by atoms with Gasteiger partial charge in [-0.2, -0.15) is 0 Å². The first-order valence-electron chi connectivity index (χ1n) is 9.49. The normalized spacial score (nSPS) is 22.0. The molecule has 23 heavy (non-hydrogen) atoms. The molecule has 3 nitrogen and oxygen atoms in total. The molecule has 1 aliphatic heterocycles. The molecule has 2 aliphatic rings. The Labute approximate surface area is 142 Å². The van der Waals surface area contributed by atoms with E-state index in [0.717, 1.165) is 5.92 Å². The van der Waals surface area contributed by atoms with E-state index in [1.54, 1.807) is 0 Å². The van der Waals surface area contributed by atoms with Crippen LogP contribution in [0.5, 0.6) is 0 Å². The predicted molar refractivity (Wildman–Crippen MR) is 97.8 cm³/mol. The Kier molecular flexibility index (Phi) is 6.49. The average Bonchev–Trinajstić information content (AvgIpc) is 3.40. The van der Waals surface area contributed by atoms with Crippen LogP contribution in [0.1, 0.15) is 31.2 Å². The van der Waals surface area contributed by atoms with Crippen LogP contribution in [-0.2, 0) is 6.42 Å². The predicted octanol–water partition coefficient (Wildman–Crippen LogP) is 2.62. The number of hydrogen-bond acceptors (Lipinski definition) is 3. The quantitative estimate of drug-likeness (QED) is 0.744. The number of likely N-dealkylation sites (N-methyl/N-ethyl adjacent to an activating group) is 1. The monoisotopic (exact) mass is 315 g/mol. The highest BCUT2D eigenvalue weighted by Gasteiger charge is 2.30. The summed E-state index contributed by atoms with van der Waals surface area (Å²) in [6.07, 6.45) is 6.64. The minimum absolute atomic E-state index is 0.688. The summed E-state index contributed by atoms with van der Waals surface area (Å²) in [6, 6.07) is 11.7. The Hall–Kier alpha value is -0.900. The van der Waals surface area contributed by atoms with Crippen LogP contribution in [0.4, 0.5) is 0 Å². The van der Waals surface area contributed by atoms with Crippen LogP contribution in [-0.4, -0.2) is 62.2 Å². The SMILES string of the molecule is CN1CCCN(CCCN[C@H](Cc2ccccc2)C2CC2)CC1. The highest BCUT2D eigenvalue weighted by molar-refractivity contribution is 5.16. The Balaban J connectivity index is 1.36. The molecule has 1 saturated heterocycles. The van der Waals surface area contributed by atoms with Gasteiger partial charge in [0.1, 0.15) is 0 Å². The molecule has 1 aromatic rings. The van der Waals surface area contributed by atoms with Crippen molar-refractivity contribution in [2.45, 2.75) is 38.1 Å². The molecular weight excluding hydrogens is 282 g/mol. The lowest BCUT2D eigenvalue weighted by molar-refractivity contribution is 0.270. The molecule has 1 atom stereocenters. The second kappa shape index (κ2) is 8.81. The smallest absolute Gasteiger partial charge is 0.0136 e. The summed E-state index contributed by atoms with van der Waals surface area (Å²) in [5.74, 6) is 0.919. The molecule has 0 radical (unpaired) electrons. The van der Waals surface area contributed by atoms with Crippen molar-refractivity contribution in [2.75, 3.05) is 46.3 Å². The molecule has 1 heterocycles. The maximum Gasteiger partial charge on any atom is 0.0136 e. The molecule has 2 fully saturated rings. The molecule has 128 valence electrons. The van der Waals surface area contributed by atoms with Gasteiger partial charge in [-0.15, -0.1) is 0 Å². The van der Waals surface area contributed by atoms with Crippen LogP contribution < -0.4 is 5.32 Å². The lowest BCUT2D eigenvalue weighted by atomic mass is 10.0. The van der Waals surface area contributed by atoms with Gasteiger partial charge in [-0.1, -0.05) is 30.3 Å². The number of rotatable bonds is 8. The number of benzene rings is 1. The average molecular weight is 316 g/mol.